The number of rotatable bonds is 5. The van der Waals surface area contributed by atoms with Crippen LogP contribution in [0.1, 0.15) is 13.3 Å². The molecule has 0 aliphatic heterocycles. The Hall–Kier alpha value is -2.17. The lowest BCUT2D eigenvalue weighted by Crippen LogP contribution is -2.29. The number of carbonyl (C=O) groups is 3. The van der Waals surface area contributed by atoms with Crippen molar-refractivity contribution in [2.75, 3.05) is 18.6 Å². The van der Waals surface area contributed by atoms with Crippen LogP contribution in [-0.4, -0.2) is 31.3 Å². The molecular weight excluding hydrogens is 234 g/mol. The minimum absolute atomic E-state index is 0.279. The van der Waals surface area contributed by atoms with Gasteiger partial charge in [-0.15, -0.1) is 0 Å². The van der Waals surface area contributed by atoms with Crippen LogP contribution in [-0.2, 0) is 19.1 Å². The first-order valence-corrected chi connectivity index (χ1v) is 5.47. The maximum Gasteiger partial charge on any atom is 0.303 e. The molecule has 18 heavy (non-hydrogen) atoms. The second-order valence-electron chi connectivity index (χ2n) is 3.78. The molecule has 0 saturated heterocycles. The highest BCUT2D eigenvalue weighted by atomic mass is 16.5. The van der Waals surface area contributed by atoms with Crippen LogP contribution in [0, 0.1) is 0 Å². The van der Waals surface area contributed by atoms with Crippen LogP contribution in [0.25, 0.3) is 0 Å². The van der Waals surface area contributed by atoms with Gasteiger partial charge in [0, 0.05) is 19.7 Å². The Morgan fingerprint density at radius 2 is 1.78 bits per heavy atom. The molecule has 0 N–H and O–H groups in total. The normalized spacial score (nSPS) is 9.67. The van der Waals surface area contributed by atoms with Gasteiger partial charge in [-0.1, -0.05) is 18.2 Å². The van der Waals surface area contributed by atoms with Crippen LogP contribution in [0.4, 0.5) is 5.69 Å². The molecule has 96 valence electrons. The number of para-hydroxylation sites is 1. The fraction of sp³-hybridized carbons (Fsp3) is 0.308. The van der Waals surface area contributed by atoms with Crippen molar-refractivity contribution in [1.29, 1.82) is 0 Å². The standard InChI is InChI=1S/C13H15NO4/c1-10(15)18-9-12(16)8-13(17)14(2)11-6-4-3-5-7-11/h3-7H,8-9H2,1-2H3. The summed E-state index contributed by atoms with van der Waals surface area (Å²) in [5, 5.41) is 0. The first-order valence-electron chi connectivity index (χ1n) is 5.47. The summed E-state index contributed by atoms with van der Waals surface area (Å²) in [4.78, 5) is 35.0. The largest absolute Gasteiger partial charge is 0.458 e. The maximum atomic E-state index is 11.8. The number of benzene rings is 1. The third-order valence-electron chi connectivity index (χ3n) is 2.30. The zero-order chi connectivity index (χ0) is 13.5. The van der Waals surface area contributed by atoms with Crippen LogP contribution >= 0.6 is 0 Å². The van der Waals surface area contributed by atoms with E-state index in [1.165, 1.54) is 11.8 Å². The number of ether oxygens (including phenoxy) is 1. The SMILES string of the molecule is CC(=O)OCC(=O)CC(=O)N(C)c1ccccc1. The summed E-state index contributed by atoms with van der Waals surface area (Å²) in [6.45, 7) is 0.856. The number of hydrogen-bond donors (Lipinski definition) is 0. The fourth-order valence-electron chi connectivity index (χ4n) is 1.32. The van der Waals surface area contributed by atoms with E-state index in [-0.39, 0.29) is 18.9 Å². The highest BCUT2D eigenvalue weighted by Crippen LogP contribution is 2.12. The van der Waals surface area contributed by atoms with Gasteiger partial charge in [-0.3, -0.25) is 14.4 Å². The van der Waals surface area contributed by atoms with Crippen LogP contribution in [0.5, 0.6) is 0 Å². The molecule has 1 aromatic carbocycles. The first-order chi connectivity index (χ1) is 8.50. The molecule has 0 aliphatic rings. The van der Waals surface area contributed by atoms with Crippen LogP contribution in [0.3, 0.4) is 0 Å². The molecule has 5 nitrogen and oxygen atoms in total. The van der Waals surface area contributed by atoms with Gasteiger partial charge in [0.25, 0.3) is 0 Å². The van der Waals surface area contributed by atoms with Crippen molar-refractivity contribution in [3.63, 3.8) is 0 Å². The van der Waals surface area contributed by atoms with Gasteiger partial charge in [-0.2, -0.15) is 0 Å². The van der Waals surface area contributed by atoms with Gasteiger partial charge < -0.3 is 9.64 Å². The van der Waals surface area contributed by atoms with E-state index in [4.69, 9.17) is 0 Å². The number of anilines is 1. The van der Waals surface area contributed by atoms with Gasteiger partial charge >= 0.3 is 5.97 Å². The average Bonchev–Trinajstić information content (AvgIpc) is 2.36. The van der Waals surface area contributed by atoms with Gasteiger partial charge in [0.1, 0.15) is 6.61 Å². The lowest BCUT2D eigenvalue weighted by Gasteiger charge is -2.16. The number of hydrogen-bond acceptors (Lipinski definition) is 4. The van der Waals surface area contributed by atoms with E-state index in [1.54, 1.807) is 31.3 Å². The average molecular weight is 249 g/mol. The Morgan fingerprint density at radius 3 is 2.33 bits per heavy atom. The van der Waals surface area contributed by atoms with Crippen molar-refractivity contribution in [3.05, 3.63) is 30.3 Å². The molecular formula is C13H15NO4. The summed E-state index contributed by atoms with van der Waals surface area (Å²) in [5.74, 6) is -1.29. The monoisotopic (exact) mass is 249 g/mol. The van der Waals surface area contributed by atoms with E-state index in [0.29, 0.717) is 5.69 Å². The zero-order valence-electron chi connectivity index (χ0n) is 10.4. The second-order valence-corrected chi connectivity index (χ2v) is 3.78. The van der Waals surface area contributed by atoms with E-state index in [9.17, 15) is 14.4 Å². The van der Waals surface area contributed by atoms with Crippen molar-refractivity contribution < 1.29 is 19.1 Å². The number of ketones is 1. The van der Waals surface area contributed by atoms with Gasteiger partial charge in [0.2, 0.25) is 5.91 Å². The first kappa shape index (κ1) is 13.9. The molecule has 0 spiro atoms. The van der Waals surface area contributed by atoms with Gasteiger partial charge in [0.05, 0.1) is 6.42 Å². The molecule has 5 heteroatoms. The summed E-state index contributed by atoms with van der Waals surface area (Å²) in [6, 6.07) is 9.00. The Kier molecular flexibility index (Phi) is 5.05. The highest BCUT2D eigenvalue weighted by Gasteiger charge is 2.15. The molecule has 0 unspecified atom stereocenters. The molecule has 0 aliphatic carbocycles. The molecule has 1 rings (SSSR count). The van der Waals surface area contributed by atoms with Gasteiger partial charge in [-0.05, 0) is 12.1 Å². The fourth-order valence-corrected chi connectivity index (χ4v) is 1.32. The lowest BCUT2D eigenvalue weighted by atomic mass is 10.2. The van der Waals surface area contributed by atoms with Crippen molar-refractivity contribution in [3.8, 4) is 0 Å². The Labute approximate surface area is 105 Å². The minimum Gasteiger partial charge on any atom is -0.458 e. The van der Waals surface area contributed by atoms with E-state index < -0.39 is 11.8 Å². The van der Waals surface area contributed by atoms with Crippen LogP contribution < -0.4 is 4.90 Å². The lowest BCUT2D eigenvalue weighted by molar-refractivity contribution is -0.146. The summed E-state index contributed by atoms with van der Waals surface area (Å²) in [5.41, 5.74) is 0.711. The summed E-state index contributed by atoms with van der Waals surface area (Å²) in [7, 11) is 1.59. The molecule has 0 aromatic heterocycles. The molecule has 0 fully saturated rings. The smallest absolute Gasteiger partial charge is 0.303 e. The number of nitrogens with zero attached hydrogens (tertiary/aromatic N) is 1. The maximum absolute atomic E-state index is 11.8. The van der Waals surface area contributed by atoms with Gasteiger partial charge in [0.15, 0.2) is 5.78 Å². The summed E-state index contributed by atoms with van der Waals surface area (Å²) < 4.78 is 4.53. The highest BCUT2D eigenvalue weighted by molar-refractivity contribution is 6.05. The number of amides is 1. The van der Waals surface area contributed by atoms with Crippen LogP contribution in [0.2, 0.25) is 0 Å². The second kappa shape index (κ2) is 6.54. The van der Waals surface area contributed by atoms with Crippen LogP contribution in [0.15, 0.2) is 30.3 Å². The van der Waals surface area contributed by atoms with E-state index >= 15 is 0 Å². The predicted octanol–water partition coefficient (Wildman–Crippen LogP) is 1.17. The molecule has 0 bridgehead atoms. The summed E-state index contributed by atoms with van der Waals surface area (Å²) >= 11 is 0. The Morgan fingerprint density at radius 1 is 1.17 bits per heavy atom. The Bertz CT molecular complexity index is 442. The molecule has 0 saturated carbocycles. The predicted molar refractivity (Wildman–Crippen MR) is 66.1 cm³/mol. The van der Waals surface area contributed by atoms with Crippen molar-refractivity contribution in [1.82, 2.24) is 0 Å². The van der Waals surface area contributed by atoms with Crippen molar-refractivity contribution in [2.45, 2.75) is 13.3 Å². The number of esters is 1. The molecule has 1 aromatic rings. The third kappa shape index (κ3) is 4.37. The van der Waals surface area contributed by atoms with E-state index in [1.807, 2.05) is 6.07 Å². The van der Waals surface area contributed by atoms with Gasteiger partial charge in [-0.25, -0.2) is 0 Å². The molecule has 1 amide bonds. The summed E-state index contributed by atoms with van der Waals surface area (Å²) in [6.07, 6.45) is -0.279. The van der Waals surface area contributed by atoms with Crippen molar-refractivity contribution in [2.24, 2.45) is 0 Å². The molecule has 0 radical (unpaired) electrons. The Balaban J connectivity index is 2.50. The third-order valence-corrected chi connectivity index (χ3v) is 2.30. The van der Waals surface area contributed by atoms with E-state index in [0.717, 1.165) is 0 Å². The molecule has 0 atom stereocenters. The topological polar surface area (TPSA) is 63.7 Å². The number of Topliss-reactive ketones (excluding diaryl/α,β-unsaturated/α-hetero) is 1. The minimum atomic E-state index is -0.535. The quantitative estimate of drug-likeness (QED) is 0.580. The van der Waals surface area contributed by atoms with E-state index in [2.05, 4.69) is 4.74 Å². The zero-order valence-corrected chi connectivity index (χ0v) is 10.4. The number of carbonyl (C=O) groups excluding carboxylic acids is 3. The molecule has 0 heterocycles. The van der Waals surface area contributed by atoms with Crippen molar-refractivity contribution >= 4 is 23.3 Å².